The van der Waals surface area contributed by atoms with Gasteiger partial charge in [-0.25, -0.2) is 0 Å². The zero-order chi connectivity index (χ0) is 53.2. The monoisotopic (exact) mass is 1050 g/mol. The number of benzene rings is 9. The number of hydrogen-bond acceptors (Lipinski definition) is 3. The Kier molecular flexibility index (Phi) is 10.9. The molecule has 76 heavy (non-hydrogen) atoms. The Balaban J connectivity index is 1.42. The molecule has 9 aromatic carbocycles. The van der Waals surface area contributed by atoms with Crippen LogP contribution in [0.3, 0.4) is 0 Å². The molecule has 2 aromatic heterocycles. The number of nitrogens with zero attached hydrogens (tertiary/aromatic N) is 4. The average molecular weight is 1050 g/mol. The van der Waals surface area contributed by atoms with E-state index in [2.05, 4.69) is 6.07 Å². The van der Waals surface area contributed by atoms with E-state index >= 15 is 0 Å². The van der Waals surface area contributed by atoms with Crippen molar-refractivity contribution in [2.45, 2.75) is 34.5 Å². The Hall–Kier alpha value is -8.62. The molecule has 0 unspecified atom stereocenters. The molecule has 0 radical (unpaired) electrons. The molecule has 17 heteroatoms. The summed E-state index contributed by atoms with van der Waals surface area (Å²) in [5.41, 5.74) is -2.89. The molecule has 0 saturated carbocycles. The van der Waals surface area contributed by atoms with Crippen molar-refractivity contribution in [3.05, 3.63) is 210 Å². The van der Waals surface area contributed by atoms with Crippen LogP contribution in [0.15, 0.2) is 192 Å². The molecule has 12 rings (SSSR count). The Morgan fingerprint density at radius 1 is 0.355 bits per heavy atom. The van der Waals surface area contributed by atoms with Crippen LogP contribution < -0.4 is 4.90 Å². The second kappa shape index (κ2) is 17.2. The first-order chi connectivity index (χ1) is 36.2. The normalized spacial score (nSPS) is 13.2. The van der Waals surface area contributed by atoms with Gasteiger partial charge in [-0.15, -0.1) is 0 Å². The van der Waals surface area contributed by atoms with Gasteiger partial charge in [0.05, 0.1) is 78.3 Å². The van der Waals surface area contributed by atoms with E-state index in [0.717, 1.165) is 72.8 Å². The molecular formula is C59H30F12N4S. The third kappa shape index (κ3) is 7.72. The fourth-order valence-corrected chi connectivity index (χ4v) is 11.5. The van der Waals surface area contributed by atoms with Crippen LogP contribution in [-0.2, 0) is 24.7 Å². The van der Waals surface area contributed by atoms with Gasteiger partial charge in [0, 0.05) is 42.5 Å². The quantitative estimate of drug-likeness (QED) is 0.161. The predicted octanol–water partition coefficient (Wildman–Crippen LogP) is 19.1. The van der Waals surface area contributed by atoms with Gasteiger partial charge in [-0.3, -0.25) is 0 Å². The summed E-state index contributed by atoms with van der Waals surface area (Å²) < 4.78 is 180. The predicted molar refractivity (Wildman–Crippen MR) is 270 cm³/mol. The molecule has 11 aromatic rings. The Bertz CT molecular complexity index is 3820. The topological polar surface area (TPSA) is 36.9 Å². The zero-order valence-corrected chi connectivity index (χ0v) is 39.4. The van der Waals surface area contributed by atoms with E-state index in [1.165, 1.54) is 20.9 Å². The van der Waals surface area contributed by atoms with Gasteiger partial charge in [-0.2, -0.15) is 57.9 Å². The summed E-state index contributed by atoms with van der Waals surface area (Å²) in [6.07, 6.45) is -19.8. The number of hydrogen-bond donors (Lipinski definition) is 0. The third-order valence-corrected chi connectivity index (χ3v) is 14.7. The summed E-state index contributed by atoms with van der Waals surface area (Å²) in [5, 5.41) is 11.0. The summed E-state index contributed by atoms with van der Waals surface area (Å²) in [4.78, 5) is 3.14. The van der Waals surface area contributed by atoms with Gasteiger partial charge in [0.2, 0.25) is 0 Å². The van der Waals surface area contributed by atoms with Crippen molar-refractivity contribution in [1.82, 2.24) is 9.13 Å². The van der Waals surface area contributed by atoms with Crippen molar-refractivity contribution >= 4 is 72.4 Å². The van der Waals surface area contributed by atoms with Gasteiger partial charge in [0.25, 0.3) is 0 Å². The van der Waals surface area contributed by atoms with E-state index in [1.807, 2.05) is 17.0 Å². The first-order valence-corrected chi connectivity index (χ1v) is 23.9. The molecule has 0 bridgehead atoms. The van der Waals surface area contributed by atoms with Crippen molar-refractivity contribution < 1.29 is 52.7 Å². The number of anilines is 3. The van der Waals surface area contributed by atoms with Crippen LogP contribution in [0.2, 0.25) is 0 Å². The van der Waals surface area contributed by atoms with Gasteiger partial charge in [0.1, 0.15) is 6.07 Å². The molecule has 1 aliphatic rings. The van der Waals surface area contributed by atoms with Crippen LogP contribution in [0, 0.1) is 11.3 Å². The summed E-state index contributed by atoms with van der Waals surface area (Å²) in [7, 11) is 0. The van der Waals surface area contributed by atoms with Gasteiger partial charge >= 0.3 is 24.7 Å². The van der Waals surface area contributed by atoms with Gasteiger partial charge in [-0.1, -0.05) is 96.7 Å². The zero-order valence-electron chi connectivity index (χ0n) is 38.6. The van der Waals surface area contributed by atoms with Crippen LogP contribution in [0.25, 0.3) is 77.2 Å². The van der Waals surface area contributed by atoms with Gasteiger partial charge < -0.3 is 14.0 Å². The number of aromatic nitrogens is 2. The molecule has 0 spiro atoms. The van der Waals surface area contributed by atoms with Crippen LogP contribution in [0.5, 0.6) is 0 Å². The molecule has 0 aliphatic carbocycles. The molecule has 3 heterocycles. The number of rotatable bonds is 5. The highest BCUT2D eigenvalue weighted by molar-refractivity contribution is 7.99. The number of fused-ring (bicyclic) bond motifs is 8. The highest BCUT2D eigenvalue weighted by atomic mass is 32.2. The fraction of sp³-hybridized carbons (Fsp3) is 0.0678. The number of alkyl halides is 12. The molecule has 0 fully saturated rings. The molecular weight excluding hydrogens is 1020 g/mol. The van der Waals surface area contributed by atoms with E-state index < -0.39 is 47.0 Å². The maximum absolute atomic E-state index is 14.8. The van der Waals surface area contributed by atoms with E-state index in [0.29, 0.717) is 32.3 Å². The lowest BCUT2D eigenvalue weighted by atomic mass is 9.87. The minimum Gasteiger partial charge on any atom is -0.306 e. The SMILES string of the molecule is N#Cc1c(-c2ccccc2)c(-n2c3ccc(C(F)(F)F)cc3c3cc(C(F)(F)F)ccc32)c(N2c3ccccc3Sc3ccccc32)c(-n2c3ccc(C(F)(F)F)cc3c3cc(C(F)(F)F)ccc32)c1-c1ccccc1. The summed E-state index contributed by atoms with van der Waals surface area (Å²) in [6.45, 7) is 0. The average Bonchev–Trinajstić information content (AvgIpc) is 3.97. The van der Waals surface area contributed by atoms with E-state index in [4.69, 9.17) is 0 Å². The number of para-hydroxylation sites is 2. The van der Waals surface area contributed by atoms with Crippen LogP contribution in [0.4, 0.5) is 69.7 Å². The smallest absolute Gasteiger partial charge is 0.306 e. The van der Waals surface area contributed by atoms with Crippen molar-refractivity contribution in [2.24, 2.45) is 0 Å². The Morgan fingerprint density at radius 3 is 0.961 bits per heavy atom. The van der Waals surface area contributed by atoms with E-state index in [9.17, 15) is 57.9 Å². The van der Waals surface area contributed by atoms with Gasteiger partial charge in [0.15, 0.2) is 0 Å². The first-order valence-electron chi connectivity index (χ1n) is 23.1. The van der Waals surface area contributed by atoms with Crippen LogP contribution in [-0.4, -0.2) is 9.13 Å². The van der Waals surface area contributed by atoms with Crippen LogP contribution >= 0.6 is 11.8 Å². The van der Waals surface area contributed by atoms with E-state index in [1.54, 1.807) is 97.1 Å². The number of nitriles is 1. The highest BCUT2D eigenvalue weighted by Crippen LogP contribution is 2.59. The highest BCUT2D eigenvalue weighted by Gasteiger charge is 2.40. The Morgan fingerprint density at radius 2 is 0.658 bits per heavy atom. The summed E-state index contributed by atoms with van der Waals surface area (Å²) in [5.74, 6) is 0. The summed E-state index contributed by atoms with van der Waals surface area (Å²) in [6, 6.07) is 44.3. The van der Waals surface area contributed by atoms with Crippen molar-refractivity contribution in [1.29, 1.82) is 5.26 Å². The molecule has 0 amide bonds. The molecule has 0 N–H and O–H groups in total. The minimum absolute atomic E-state index is 0.0160. The Labute approximate surface area is 426 Å². The van der Waals surface area contributed by atoms with Crippen molar-refractivity contribution in [2.75, 3.05) is 4.90 Å². The molecule has 4 nitrogen and oxygen atoms in total. The first kappa shape index (κ1) is 48.3. The van der Waals surface area contributed by atoms with Gasteiger partial charge in [-0.05, 0) is 108 Å². The largest absolute Gasteiger partial charge is 0.416 e. The second-order valence-electron chi connectivity index (χ2n) is 18.0. The molecule has 0 atom stereocenters. The van der Waals surface area contributed by atoms with E-state index in [-0.39, 0.29) is 77.4 Å². The molecule has 376 valence electrons. The lowest BCUT2D eigenvalue weighted by molar-refractivity contribution is -0.138. The minimum atomic E-state index is -4.96. The van der Waals surface area contributed by atoms with Crippen molar-refractivity contribution in [3.63, 3.8) is 0 Å². The maximum Gasteiger partial charge on any atom is 0.416 e. The standard InChI is InChI=1S/C59H30F12N4S/c60-56(61,62)34-19-23-43-38(27-34)39-28-35(57(63,64)65)20-24-44(39)73(43)53-51(32-11-3-1-4-12-32)42(31-72)52(33-13-5-2-6-14-33)54(55(53)75-47-15-7-9-17-49(47)76-50-18-10-8-16-48(50)75)74-45-25-21-36(58(66,67)68)29-40(45)41-30-37(59(69,70)71)22-26-46(41)74/h1-30H. The lowest BCUT2D eigenvalue weighted by Crippen LogP contribution is -2.21. The third-order valence-electron chi connectivity index (χ3n) is 13.6. The second-order valence-corrected chi connectivity index (χ2v) is 19.1. The summed E-state index contributed by atoms with van der Waals surface area (Å²) >= 11 is 1.39. The fourth-order valence-electron chi connectivity index (χ4n) is 10.4. The lowest BCUT2D eigenvalue weighted by Gasteiger charge is -2.38. The maximum atomic E-state index is 14.8. The van der Waals surface area contributed by atoms with Crippen molar-refractivity contribution in [3.8, 4) is 39.7 Å². The number of halogens is 12. The molecule has 1 aliphatic heterocycles. The van der Waals surface area contributed by atoms with Crippen LogP contribution in [0.1, 0.15) is 27.8 Å². The molecule has 0 saturated heterocycles.